The second-order valence-corrected chi connectivity index (χ2v) is 4.64. The molecule has 0 radical (unpaired) electrons. The second kappa shape index (κ2) is 8.53. The van der Waals surface area contributed by atoms with Crippen molar-refractivity contribution in [2.75, 3.05) is 37.6 Å². The van der Waals surface area contributed by atoms with E-state index in [1.54, 1.807) is 6.07 Å². The molecule has 0 fully saturated rings. The molecule has 1 aromatic heterocycles. The van der Waals surface area contributed by atoms with Crippen molar-refractivity contribution in [3.05, 3.63) is 24.0 Å². The van der Waals surface area contributed by atoms with Crippen LogP contribution in [0.25, 0.3) is 0 Å². The summed E-state index contributed by atoms with van der Waals surface area (Å²) < 4.78 is 0. The Bertz CT molecular complexity index is 419. The minimum absolute atomic E-state index is 0.136. The van der Waals surface area contributed by atoms with Crippen molar-refractivity contribution < 1.29 is 9.90 Å². The van der Waals surface area contributed by atoms with E-state index in [2.05, 4.69) is 28.6 Å². The van der Waals surface area contributed by atoms with Crippen LogP contribution in [-0.2, 0) is 0 Å². The Kier molecular flexibility index (Phi) is 7.01. The molecule has 0 saturated carbocycles. The van der Waals surface area contributed by atoms with Crippen molar-refractivity contribution in [2.24, 2.45) is 0 Å². The van der Waals surface area contributed by atoms with Gasteiger partial charge in [-0.2, -0.15) is 0 Å². The highest BCUT2D eigenvalue weighted by Gasteiger charge is 2.15. The number of anilines is 1. The molecule has 0 spiro atoms. The Labute approximate surface area is 121 Å². The van der Waals surface area contributed by atoms with Gasteiger partial charge in [0.05, 0.1) is 5.69 Å². The molecule has 0 unspecified atom stereocenters. The molecule has 0 saturated heterocycles. The third-order valence-electron chi connectivity index (χ3n) is 3.51. The van der Waals surface area contributed by atoms with Crippen molar-refractivity contribution >= 4 is 11.7 Å². The molecule has 112 valence electrons. The van der Waals surface area contributed by atoms with Crippen molar-refractivity contribution in [2.45, 2.75) is 27.2 Å². The van der Waals surface area contributed by atoms with Gasteiger partial charge in [0, 0.05) is 19.3 Å². The van der Waals surface area contributed by atoms with E-state index in [1.807, 2.05) is 13.0 Å². The molecule has 0 aliphatic heterocycles. The quantitative estimate of drug-likeness (QED) is 0.752. The van der Waals surface area contributed by atoms with E-state index in [0.29, 0.717) is 5.69 Å². The molecular weight excluding hydrogens is 254 g/mol. The predicted molar refractivity (Wildman–Crippen MR) is 81.5 cm³/mol. The van der Waals surface area contributed by atoms with E-state index in [9.17, 15) is 9.90 Å². The Morgan fingerprint density at radius 3 is 2.45 bits per heavy atom. The van der Waals surface area contributed by atoms with E-state index in [0.717, 1.165) is 39.1 Å². The summed E-state index contributed by atoms with van der Waals surface area (Å²) in [6, 6.07) is 3.62. The number of hydrogen-bond donors (Lipinski definition) is 1. The number of aromatic carboxylic acids is 1. The molecule has 0 atom stereocenters. The SMILES string of the molecule is CCN(CC)CCCN(CC)c1cccnc1C(=O)O. The third kappa shape index (κ3) is 4.49. The van der Waals surface area contributed by atoms with Gasteiger partial charge in [0.1, 0.15) is 0 Å². The zero-order chi connectivity index (χ0) is 15.0. The van der Waals surface area contributed by atoms with E-state index in [4.69, 9.17) is 0 Å². The molecular formula is C15H25N3O2. The number of rotatable bonds is 9. The van der Waals surface area contributed by atoms with Crippen LogP contribution in [0.5, 0.6) is 0 Å². The minimum Gasteiger partial charge on any atom is -0.476 e. The van der Waals surface area contributed by atoms with Crippen molar-refractivity contribution in [3.63, 3.8) is 0 Å². The van der Waals surface area contributed by atoms with Crippen LogP contribution in [0.15, 0.2) is 18.3 Å². The van der Waals surface area contributed by atoms with Gasteiger partial charge >= 0.3 is 5.97 Å². The highest BCUT2D eigenvalue weighted by atomic mass is 16.4. The molecule has 20 heavy (non-hydrogen) atoms. The number of nitrogens with zero attached hydrogens (tertiary/aromatic N) is 3. The maximum absolute atomic E-state index is 11.2. The van der Waals surface area contributed by atoms with Gasteiger partial charge in [0.2, 0.25) is 0 Å². The number of aromatic nitrogens is 1. The third-order valence-corrected chi connectivity index (χ3v) is 3.51. The van der Waals surface area contributed by atoms with Crippen LogP contribution < -0.4 is 4.90 Å². The lowest BCUT2D eigenvalue weighted by Crippen LogP contribution is -2.31. The fraction of sp³-hybridized carbons (Fsp3) is 0.600. The fourth-order valence-electron chi connectivity index (χ4n) is 2.29. The van der Waals surface area contributed by atoms with Crippen molar-refractivity contribution in [1.29, 1.82) is 0 Å². The molecule has 1 N–H and O–H groups in total. The van der Waals surface area contributed by atoms with Crippen molar-refractivity contribution in [1.82, 2.24) is 9.88 Å². The molecule has 1 aromatic rings. The summed E-state index contributed by atoms with van der Waals surface area (Å²) in [7, 11) is 0. The number of carboxylic acids is 1. The van der Waals surface area contributed by atoms with Crippen LogP contribution >= 0.6 is 0 Å². The summed E-state index contributed by atoms with van der Waals surface area (Å²) >= 11 is 0. The predicted octanol–water partition coefficient (Wildman–Crippen LogP) is 2.34. The summed E-state index contributed by atoms with van der Waals surface area (Å²) in [5, 5.41) is 9.20. The monoisotopic (exact) mass is 279 g/mol. The smallest absolute Gasteiger partial charge is 0.356 e. The lowest BCUT2D eigenvalue weighted by Gasteiger charge is -2.26. The molecule has 1 rings (SSSR count). The topological polar surface area (TPSA) is 56.7 Å². The molecule has 0 aliphatic rings. The first kappa shape index (κ1) is 16.4. The lowest BCUT2D eigenvalue weighted by atomic mass is 10.2. The highest BCUT2D eigenvalue weighted by Crippen LogP contribution is 2.18. The standard InChI is InChI=1S/C15H25N3O2/c1-4-17(5-2)11-8-12-18(6-3)13-9-7-10-16-14(13)15(19)20/h7,9-10H,4-6,8,11-12H2,1-3H3,(H,19,20). The van der Waals surface area contributed by atoms with E-state index in [-0.39, 0.29) is 5.69 Å². The molecule has 5 heteroatoms. The Morgan fingerprint density at radius 1 is 1.20 bits per heavy atom. The Hall–Kier alpha value is -1.62. The van der Waals surface area contributed by atoms with Crippen LogP contribution in [0.3, 0.4) is 0 Å². The summed E-state index contributed by atoms with van der Waals surface area (Å²) in [6.07, 6.45) is 2.54. The molecule has 0 amide bonds. The second-order valence-electron chi connectivity index (χ2n) is 4.64. The maximum Gasteiger partial charge on any atom is 0.356 e. The van der Waals surface area contributed by atoms with Crippen LogP contribution in [0, 0.1) is 0 Å². The molecule has 5 nitrogen and oxygen atoms in total. The van der Waals surface area contributed by atoms with Crippen LogP contribution in [-0.4, -0.2) is 53.7 Å². The van der Waals surface area contributed by atoms with Gasteiger partial charge in [-0.1, -0.05) is 13.8 Å². The molecule has 1 heterocycles. The van der Waals surface area contributed by atoms with Gasteiger partial charge in [-0.05, 0) is 45.1 Å². The number of pyridine rings is 1. The van der Waals surface area contributed by atoms with Crippen molar-refractivity contribution in [3.8, 4) is 0 Å². The van der Waals surface area contributed by atoms with E-state index >= 15 is 0 Å². The summed E-state index contributed by atoms with van der Waals surface area (Å²) in [5.41, 5.74) is 0.847. The van der Waals surface area contributed by atoms with E-state index < -0.39 is 5.97 Å². The Morgan fingerprint density at radius 2 is 1.90 bits per heavy atom. The first-order valence-corrected chi connectivity index (χ1v) is 7.29. The first-order valence-electron chi connectivity index (χ1n) is 7.29. The first-order chi connectivity index (χ1) is 9.63. The number of carboxylic acid groups (broad SMARTS) is 1. The summed E-state index contributed by atoms with van der Waals surface area (Å²) in [4.78, 5) is 19.6. The normalized spacial score (nSPS) is 10.8. The van der Waals surface area contributed by atoms with Gasteiger partial charge in [-0.3, -0.25) is 0 Å². The van der Waals surface area contributed by atoms with Gasteiger partial charge in [0.25, 0.3) is 0 Å². The highest BCUT2D eigenvalue weighted by molar-refractivity contribution is 5.92. The average Bonchev–Trinajstić information content (AvgIpc) is 2.47. The zero-order valence-corrected chi connectivity index (χ0v) is 12.7. The van der Waals surface area contributed by atoms with Crippen LogP contribution in [0.2, 0.25) is 0 Å². The van der Waals surface area contributed by atoms with Gasteiger partial charge in [0.15, 0.2) is 5.69 Å². The van der Waals surface area contributed by atoms with Gasteiger partial charge in [-0.15, -0.1) is 0 Å². The van der Waals surface area contributed by atoms with Gasteiger partial charge < -0.3 is 14.9 Å². The zero-order valence-electron chi connectivity index (χ0n) is 12.7. The van der Waals surface area contributed by atoms with Crippen LogP contribution in [0.1, 0.15) is 37.7 Å². The lowest BCUT2D eigenvalue weighted by molar-refractivity contribution is 0.0691. The molecule has 0 aromatic carbocycles. The molecule has 0 aliphatic carbocycles. The summed E-state index contributed by atoms with van der Waals surface area (Å²) in [5.74, 6) is -0.970. The minimum atomic E-state index is -0.970. The number of hydrogen-bond acceptors (Lipinski definition) is 4. The summed E-state index contributed by atoms with van der Waals surface area (Å²) in [6.45, 7) is 11.1. The Balaban J connectivity index is 2.69. The van der Waals surface area contributed by atoms with E-state index in [1.165, 1.54) is 6.20 Å². The average molecular weight is 279 g/mol. The molecule has 0 bridgehead atoms. The van der Waals surface area contributed by atoms with Crippen LogP contribution in [0.4, 0.5) is 5.69 Å². The maximum atomic E-state index is 11.2. The largest absolute Gasteiger partial charge is 0.476 e. The fourth-order valence-corrected chi connectivity index (χ4v) is 2.29. The number of carbonyl (C=O) groups is 1. The van der Waals surface area contributed by atoms with Gasteiger partial charge in [-0.25, -0.2) is 9.78 Å².